The number of nitro benzene ring substituents is 1. The number of fused-ring (bicyclic) bond motifs is 1. The Hall–Kier alpha value is -1.53. The molecule has 0 spiro atoms. The van der Waals surface area contributed by atoms with E-state index < -0.39 is 10.7 Å². The molecule has 1 aromatic rings. The molecule has 3 unspecified atom stereocenters. The number of hydrogen-bond acceptors (Lipinski definition) is 4. The SMILES string of the molecule is CC1C2CNCC2CN1Cc1cc(F)ccc1[N+](=O)[O-]. The number of rotatable bonds is 3. The molecule has 2 aliphatic heterocycles. The smallest absolute Gasteiger partial charge is 0.274 e. The minimum Gasteiger partial charge on any atom is -0.316 e. The van der Waals surface area contributed by atoms with Crippen LogP contribution in [0.4, 0.5) is 10.1 Å². The second-order valence-electron chi connectivity index (χ2n) is 5.78. The van der Waals surface area contributed by atoms with Crippen molar-refractivity contribution in [2.24, 2.45) is 11.8 Å². The van der Waals surface area contributed by atoms with Crippen LogP contribution in [0.5, 0.6) is 0 Å². The molecule has 0 radical (unpaired) electrons. The quantitative estimate of drug-likeness (QED) is 0.677. The van der Waals surface area contributed by atoms with E-state index in [9.17, 15) is 14.5 Å². The molecule has 0 aromatic heterocycles. The predicted molar refractivity (Wildman–Crippen MR) is 72.8 cm³/mol. The fourth-order valence-electron chi connectivity index (χ4n) is 3.54. The molecular weight excluding hydrogens is 261 g/mol. The first kappa shape index (κ1) is 13.5. The summed E-state index contributed by atoms with van der Waals surface area (Å²) in [6.07, 6.45) is 0. The van der Waals surface area contributed by atoms with Crippen LogP contribution in [0, 0.1) is 27.8 Å². The van der Waals surface area contributed by atoms with Crippen molar-refractivity contribution in [3.05, 3.63) is 39.7 Å². The Morgan fingerprint density at radius 1 is 1.50 bits per heavy atom. The molecule has 1 N–H and O–H groups in total. The molecule has 0 saturated carbocycles. The van der Waals surface area contributed by atoms with Crippen LogP contribution in [0.1, 0.15) is 12.5 Å². The maximum Gasteiger partial charge on any atom is 0.274 e. The molecule has 3 atom stereocenters. The van der Waals surface area contributed by atoms with Crippen LogP contribution in [-0.4, -0.2) is 35.5 Å². The summed E-state index contributed by atoms with van der Waals surface area (Å²) in [5.41, 5.74) is 0.476. The molecule has 1 aromatic carbocycles. The molecule has 0 amide bonds. The maximum atomic E-state index is 13.4. The summed E-state index contributed by atoms with van der Waals surface area (Å²) in [5.74, 6) is 0.791. The number of nitro groups is 1. The van der Waals surface area contributed by atoms with Crippen molar-refractivity contribution in [1.29, 1.82) is 0 Å². The summed E-state index contributed by atoms with van der Waals surface area (Å²) < 4.78 is 13.4. The third-order valence-electron chi connectivity index (χ3n) is 4.67. The first-order chi connectivity index (χ1) is 9.56. The van der Waals surface area contributed by atoms with Crippen molar-refractivity contribution in [3.63, 3.8) is 0 Å². The van der Waals surface area contributed by atoms with Crippen molar-refractivity contribution < 1.29 is 9.31 Å². The summed E-state index contributed by atoms with van der Waals surface area (Å²) >= 11 is 0. The minimum atomic E-state index is -0.433. The molecule has 2 fully saturated rings. The molecule has 2 aliphatic rings. The molecule has 20 heavy (non-hydrogen) atoms. The van der Waals surface area contributed by atoms with Crippen molar-refractivity contribution in [3.8, 4) is 0 Å². The lowest BCUT2D eigenvalue weighted by Crippen LogP contribution is -2.33. The van der Waals surface area contributed by atoms with Gasteiger partial charge in [0.25, 0.3) is 5.69 Å². The number of halogens is 1. The average molecular weight is 279 g/mol. The molecule has 0 aliphatic carbocycles. The fraction of sp³-hybridized carbons (Fsp3) is 0.571. The standard InChI is InChI=1S/C14H18FN3O2/c1-9-13-6-16-5-11(13)8-17(9)7-10-4-12(15)2-3-14(10)18(19)20/h2-4,9,11,13,16H,5-8H2,1H3. The molecule has 5 nitrogen and oxygen atoms in total. The Morgan fingerprint density at radius 3 is 3.00 bits per heavy atom. The zero-order valence-corrected chi connectivity index (χ0v) is 11.4. The van der Waals surface area contributed by atoms with Crippen LogP contribution in [0.25, 0.3) is 0 Å². The lowest BCUT2D eigenvalue weighted by Gasteiger charge is -2.24. The van der Waals surface area contributed by atoms with Gasteiger partial charge in [-0.15, -0.1) is 0 Å². The summed E-state index contributed by atoms with van der Waals surface area (Å²) in [7, 11) is 0. The Morgan fingerprint density at radius 2 is 2.30 bits per heavy atom. The van der Waals surface area contributed by atoms with Crippen LogP contribution < -0.4 is 5.32 Å². The van der Waals surface area contributed by atoms with Crippen LogP contribution in [-0.2, 0) is 6.54 Å². The van der Waals surface area contributed by atoms with E-state index in [1.165, 1.54) is 12.1 Å². The number of nitrogens with one attached hydrogen (secondary N) is 1. The van der Waals surface area contributed by atoms with E-state index in [0.29, 0.717) is 30.0 Å². The molecule has 108 valence electrons. The highest BCUT2D eigenvalue weighted by Gasteiger charge is 2.41. The molecule has 0 bridgehead atoms. The molecule has 2 saturated heterocycles. The van der Waals surface area contributed by atoms with Gasteiger partial charge in [0.05, 0.1) is 4.92 Å². The van der Waals surface area contributed by atoms with E-state index in [4.69, 9.17) is 0 Å². The zero-order chi connectivity index (χ0) is 14.3. The Bertz CT molecular complexity index is 537. The summed E-state index contributed by atoms with van der Waals surface area (Å²) in [6, 6.07) is 4.07. The van der Waals surface area contributed by atoms with Crippen LogP contribution >= 0.6 is 0 Å². The van der Waals surface area contributed by atoms with E-state index in [1.807, 2.05) is 0 Å². The van der Waals surface area contributed by atoms with E-state index in [-0.39, 0.29) is 5.69 Å². The maximum absolute atomic E-state index is 13.4. The first-order valence-electron chi connectivity index (χ1n) is 6.94. The third kappa shape index (κ3) is 2.29. The topological polar surface area (TPSA) is 58.4 Å². The monoisotopic (exact) mass is 279 g/mol. The van der Waals surface area contributed by atoms with Gasteiger partial charge in [-0.05, 0) is 44.0 Å². The van der Waals surface area contributed by atoms with Gasteiger partial charge in [-0.2, -0.15) is 0 Å². The van der Waals surface area contributed by atoms with E-state index in [2.05, 4.69) is 17.1 Å². The number of hydrogen-bond donors (Lipinski definition) is 1. The van der Waals surface area contributed by atoms with Crippen LogP contribution in [0.15, 0.2) is 18.2 Å². The second-order valence-corrected chi connectivity index (χ2v) is 5.78. The third-order valence-corrected chi connectivity index (χ3v) is 4.67. The molecule has 3 rings (SSSR count). The van der Waals surface area contributed by atoms with Gasteiger partial charge < -0.3 is 5.32 Å². The second kappa shape index (κ2) is 5.10. The van der Waals surface area contributed by atoms with Gasteiger partial charge in [0, 0.05) is 30.8 Å². The van der Waals surface area contributed by atoms with Crippen LogP contribution in [0.3, 0.4) is 0 Å². The van der Waals surface area contributed by atoms with Gasteiger partial charge in [0.15, 0.2) is 0 Å². The normalized spacial score (nSPS) is 29.6. The van der Waals surface area contributed by atoms with Crippen molar-refractivity contribution in [2.75, 3.05) is 19.6 Å². The summed E-state index contributed by atoms with van der Waals surface area (Å²) in [4.78, 5) is 12.8. The van der Waals surface area contributed by atoms with Crippen molar-refractivity contribution in [2.45, 2.75) is 19.5 Å². The largest absolute Gasteiger partial charge is 0.316 e. The fourth-order valence-corrected chi connectivity index (χ4v) is 3.54. The lowest BCUT2D eigenvalue weighted by atomic mass is 9.95. The first-order valence-corrected chi connectivity index (χ1v) is 6.94. The molecule has 2 heterocycles. The molecule has 6 heteroatoms. The van der Waals surface area contributed by atoms with Gasteiger partial charge in [-0.1, -0.05) is 0 Å². The Balaban J connectivity index is 1.81. The highest BCUT2D eigenvalue weighted by Crippen LogP contribution is 2.34. The number of benzene rings is 1. The Kier molecular flexibility index (Phi) is 3.43. The highest BCUT2D eigenvalue weighted by molar-refractivity contribution is 5.40. The van der Waals surface area contributed by atoms with Crippen LogP contribution in [0.2, 0.25) is 0 Å². The number of likely N-dealkylation sites (tertiary alicyclic amines) is 1. The van der Waals surface area contributed by atoms with Crippen molar-refractivity contribution in [1.82, 2.24) is 10.2 Å². The van der Waals surface area contributed by atoms with Gasteiger partial charge >= 0.3 is 0 Å². The van der Waals surface area contributed by atoms with E-state index in [0.717, 1.165) is 25.7 Å². The summed E-state index contributed by atoms with van der Waals surface area (Å²) in [6.45, 7) is 5.54. The predicted octanol–water partition coefficient (Wildman–Crippen LogP) is 1.77. The highest BCUT2D eigenvalue weighted by atomic mass is 19.1. The number of nitrogens with zero attached hydrogens (tertiary/aromatic N) is 2. The van der Waals surface area contributed by atoms with E-state index in [1.54, 1.807) is 0 Å². The van der Waals surface area contributed by atoms with E-state index >= 15 is 0 Å². The van der Waals surface area contributed by atoms with Gasteiger partial charge in [-0.25, -0.2) is 4.39 Å². The van der Waals surface area contributed by atoms with Gasteiger partial charge in [0.1, 0.15) is 5.82 Å². The summed E-state index contributed by atoms with van der Waals surface area (Å²) in [5, 5.41) is 14.4. The average Bonchev–Trinajstić information content (AvgIpc) is 2.94. The zero-order valence-electron chi connectivity index (χ0n) is 11.4. The van der Waals surface area contributed by atoms with Crippen molar-refractivity contribution >= 4 is 5.69 Å². The molecular formula is C14H18FN3O2. The van der Waals surface area contributed by atoms with Gasteiger partial charge in [0.2, 0.25) is 0 Å². The van der Waals surface area contributed by atoms with Gasteiger partial charge in [-0.3, -0.25) is 15.0 Å². The lowest BCUT2D eigenvalue weighted by molar-refractivity contribution is -0.385. The Labute approximate surface area is 116 Å². The minimum absolute atomic E-state index is 0.00813.